The molecule has 0 spiro atoms. The Morgan fingerprint density at radius 2 is 2.00 bits per heavy atom. The largest absolute Gasteiger partial charge is 0.494 e. The third-order valence-corrected chi connectivity index (χ3v) is 2.30. The van der Waals surface area contributed by atoms with Crippen LogP contribution in [-0.2, 0) is 0 Å². The maximum atomic E-state index is 13.4. The van der Waals surface area contributed by atoms with Crippen molar-refractivity contribution in [3.05, 3.63) is 29.3 Å². The molecule has 1 aromatic rings. The highest BCUT2D eigenvalue weighted by molar-refractivity contribution is 5.96. The van der Waals surface area contributed by atoms with E-state index in [1.54, 1.807) is 0 Å². The number of rotatable bonds is 5. The van der Waals surface area contributed by atoms with E-state index in [9.17, 15) is 13.6 Å². The average molecular weight is 228 g/mol. The molecule has 0 heterocycles. The summed E-state index contributed by atoms with van der Waals surface area (Å²) in [4.78, 5) is 11.5. The molecule has 1 aromatic carbocycles. The van der Waals surface area contributed by atoms with Gasteiger partial charge in [-0.15, -0.1) is 0 Å². The van der Waals surface area contributed by atoms with E-state index >= 15 is 0 Å². The quantitative estimate of drug-likeness (QED) is 0.722. The van der Waals surface area contributed by atoms with Gasteiger partial charge in [0.05, 0.1) is 12.7 Å². The third-order valence-electron chi connectivity index (χ3n) is 2.30. The minimum atomic E-state index is -0.737. The summed E-state index contributed by atoms with van der Waals surface area (Å²) in [5, 5.41) is 0. The predicted molar refractivity (Wildman–Crippen MR) is 56.8 cm³/mol. The first-order chi connectivity index (χ1) is 7.60. The molecule has 0 atom stereocenters. The Balaban J connectivity index is 2.97. The molecule has 0 bridgehead atoms. The van der Waals surface area contributed by atoms with Crippen molar-refractivity contribution in [1.82, 2.24) is 0 Å². The molecular formula is C12H14F2O2. The second kappa shape index (κ2) is 5.58. The summed E-state index contributed by atoms with van der Waals surface area (Å²) in [6.45, 7) is 1.93. The number of benzene rings is 1. The van der Waals surface area contributed by atoms with Crippen LogP contribution in [0.4, 0.5) is 8.78 Å². The van der Waals surface area contributed by atoms with E-state index in [2.05, 4.69) is 4.74 Å². The number of hydrogen-bond donors (Lipinski definition) is 0. The number of halogens is 2. The molecule has 0 fully saturated rings. The zero-order chi connectivity index (χ0) is 12.1. The summed E-state index contributed by atoms with van der Waals surface area (Å²) >= 11 is 0. The number of ketones is 1. The highest BCUT2D eigenvalue weighted by Gasteiger charge is 2.15. The summed E-state index contributed by atoms with van der Waals surface area (Å²) in [6.07, 6.45) is 1.75. The molecule has 0 amide bonds. The number of carbonyl (C=O) groups excluding carboxylic acids is 1. The molecule has 2 nitrogen and oxygen atoms in total. The van der Waals surface area contributed by atoms with Gasteiger partial charge in [0.15, 0.2) is 17.3 Å². The van der Waals surface area contributed by atoms with Crippen LogP contribution in [0.15, 0.2) is 12.1 Å². The Morgan fingerprint density at radius 1 is 1.31 bits per heavy atom. The Bertz CT molecular complexity index is 389. The van der Waals surface area contributed by atoms with Crippen molar-refractivity contribution in [3.8, 4) is 5.75 Å². The fourth-order valence-corrected chi connectivity index (χ4v) is 1.37. The predicted octanol–water partition coefficient (Wildman–Crippen LogP) is 3.35. The second-order valence-corrected chi connectivity index (χ2v) is 3.49. The van der Waals surface area contributed by atoms with Gasteiger partial charge < -0.3 is 4.74 Å². The van der Waals surface area contributed by atoms with Crippen molar-refractivity contribution < 1.29 is 18.3 Å². The van der Waals surface area contributed by atoms with E-state index in [4.69, 9.17) is 0 Å². The van der Waals surface area contributed by atoms with Crippen molar-refractivity contribution in [1.29, 1.82) is 0 Å². The zero-order valence-corrected chi connectivity index (χ0v) is 9.35. The fourth-order valence-electron chi connectivity index (χ4n) is 1.37. The van der Waals surface area contributed by atoms with Crippen LogP contribution >= 0.6 is 0 Å². The topological polar surface area (TPSA) is 26.3 Å². The molecule has 0 N–H and O–H groups in total. The van der Waals surface area contributed by atoms with Gasteiger partial charge in [0.1, 0.15) is 5.82 Å². The van der Waals surface area contributed by atoms with Crippen LogP contribution in [0.2, 0.25) is 0 Å². The molecule has 0 aromatic heterocycles. The van der Waals surface area contributed by atoms with Crippen LogP contribution < -0.4 is 4.74 Å². The van der Waals surface area contributed by atoms with Crippen molar-refractivity contribution in [2.24, 2.45) is 0 Å². The highest BCUT2D eigenvalue weighted by Crippen LogP contribution is 2.22. The summed E-state index contributed by atoms with van der Waals surface area (Å²) < 4.78 is 31.3. The van der Waals surface area contributed by atoms with E-state index in [-0.39, 0.29) is 23.5 Å². The van der Waals surface area contributed by atoms with Gasteiger partial charge in [-0.3, -0.25) is 4.79 Å². The molecule has 1 rings (SSSR count). The molecule has 0 saturated heterocycles. The maximum absolute atomic E-state index is 13.4. The van der Waals surface area contributed by atoms with Crippen LogP contribution in [0.25, 0.3) is 0 Å². The van der Waals surface area contributed by atoms with Crippen LogP contribution in [0, 0.1) is 11.6 Å². The smallest absolute Gasteiger partial charge is 0.165 e. The minimum Gasteiger partial charge on any atom is -0.494 e. The van der Waals surface area contributed by atoms with Gasteiger partial charge in [0.25, 0.3) is 0 Å². The standard InChI is InChI=1S/C12H14F2O2/c1-3-4-5-11(15)8-6-10(14)12(16-2)7-9(8)13/h6-7H,3-5H2,1-2H3. The van der Waals surface area contributed by atoms with Gasteiger partial charge in [-0.1, -0.05) is 13.3 Å². The lowest BCUT2D eigenvalue weighted by molar-refractivity contribution is 0.0975. The molecule has 0 aliphatic rings. The number of Topliss-reactive ketones (excluding diaryl/α,β-unsaturated/α-hetero) is 1. The van der Waals surface area contributed by atoms with E-state index in [0.29, 0.717) is 6.42 Å². The molecule has 4 heteroatoms. The fraction of sp³-hybridized carbons (Fsp3) is 0.417. The average Bonchev–Trinajstić information content (AvgIpc) is 2.28. The third kappa shape index (κ3) is 2.78. The highest BCUT2D eigenvalue weighted by atomic mass is 19.1. The molecule has 0 unspecified atom stereocenters. The Kier molecular flexibility index (Phi) is 4.40. The normalized spacial score (nSPS) is 10.2. The van der Waals surface area contributed by atoms with Crippen LogP contribution in [0.5, 0.6) is 5.75 Å². The van der Waals surface area contributed by atoms with Gasteiger partial charge in [-0.05, 0) is 12.5 Å². The molecule has 16 heavy (non-hydrogen) atoms. The van der Waals surface area contributed by atoms with E-state index in [1.807, 2.05) is 6.92 Å². The van der Waals surface area contributed by atoms with Crippen molar-refractivity contribution >= 4 is 5.78 Å². The zero-order valence-electron chi connectivity index (χ0n) is 9.35. The van der Waals surface area contributed by atoms with Crippen LogP contribution in [0.1, 0.15) is 36.5 Å². The summed E-state index contributed by atoms with van der Waals surface area (Å²) in [7, 11) is 1.25. The number of unbranched alkanes of at least 4 members (excludes halogenated alkanes) is 1. The number of ether oxygens (including phenoxy) is 1. The number of carbonyl (C=O) groups is 1. The van der Waals surface area contributed by atoms with Crippen LogP contribution in [-0.4, -0.2) is 12.9 Å². The lowest BCUT2D eigenvalue weighted by Gasteiger charge is -2.06. The summed E-state index contributed by atoms with van der Waals surface area (Å²) in [5.74, 6) is -2.02. The minimum absolute atomic E-state index is 0.190. The van der Waals surface area contributed by atoms with E-state index < -0.39 is 11.6 Å². The number of hydrogen-bond acceptors (Lipinski definition) is 2. The van der Waals surface area contributed by atoms with E-state index in [0.717, 1.165) is 18.6 Å². The first kappa shape index (κ1) is 12.6. The molecule has 0 aliphatic carbocycles. The van der Waals surface area contributed by atoms with Crippen molar-refractivity contribution in [2.75, 3.05) is 7.11 Å². The van der Waals surface area contributed by atoms with Crippen LogP contribution in [0.3, 0.4) is 0 Å². The Morgan fingerprint density at radius 3 is 2.56 bits per heavy atom. The van der Waals surface area contributed by atoms with Gasteiger partial charge >= 0.3 is 0 Å². The second-order valence-electron chi connectivity index (χ2n) is 3.49. The Hall–Kier alpha value is -1.45. The first-order valence-corrected chi connectivity index (χ1v) is 5.16. The molecule has 88 valence electrons. The monoisotopic (exact) mass is 228 g/mol. The maximum Gasteiger partial charge on any atom is 0.165 e. The van der Waals surface area contributed by atoms with Gasteiger partial charge in [-0.2, -0.15) is 0 Å². The van der Waals surface area contributed by atoms with Gasteiger partial charge in [0, 0.05) is 12.5 Å². The molecular weight excluding hydrogens is 214 g/mol. The molecule has 0 aliphatic heterocycles. The Labute approximate surface area is 93.2 Å². The summed E-state index contributed by atoms with van der Waals surface area (Å²) in [5.41, 5.74) is -0.202. The molecule has 0 saturated carbocycles. The van der Waals surface area contributed by atoms with Gasteiger partial charge in [-0.25, -0.2) is 8.78 Å². The number of methoxy groups -OCH3 is 1. The van der Waals surface area contributed by atoms with Gasteiger partial charge in [0.2, 0.25) is 0 Å². The first-order valence-electron chi connectivity index (χ1n) is 5.16. The SMILES string of the molecule is CCCCC(=O)c1cc(F)c(OC)cc1F. The molecule has 0 radical (unpaired) electrons. The summed E-state index contributed by atoms with van der Waals surface area (Å²) in [6, 6.07) is 1.79. The van der Waals surface area contributed by atoms with Crippen molar-refractivity contribution in [3.63, 3.8) is 0 Å². The lowest BCUT2D eigenvalue weighted by Crippen LogP contribution is -2.04. The van der Waals surface area contributed by atoms with E-state index in [1.165, 1.54) is 7.11 Å². The van der Waals surface area contributed by atoms with Crippen molar-refractivity contribution in [2.45, 2.75) is 26.2 Å². The lowest BCUT2D eigenvalue weighted by atomic mass is 10.0.